The Bertz CT molecular complexity index is 3850. The van der Waals surface area contributed by atoms with Crippen molar-refractivity contribution in [1.29, 1.82) is 0 Å². The van der Waals surface area contributed by atoms with Gasteiger partial charge in [-0.25, -0.2) is 9.97 Å². The maximum absolute atomic E-state index is 6.78. The Kier molecular flexibility index (Phi) is 7.96. The molecule has 4 nitrogen and oxygen atoms in total. The maximum Gasteiger partial charge on any atom is 0.147 e. The van der Waals surface area contributed by atoms with Crippen molar-refractivity contribution < 1.29 is 8.83 Å². The number of para-hydroxylation sites is 3. The topological polar surface area (TPSA) is 52.1 Å². The van der Waals surface area contributed by atoms with E-state index in [0.717, 1.165) is 107 Å². The zero-order valence-corrected chi connectivity index (χ0v) is 35.9. The largest absolute Gasteiger partial charge is 0.455 e. The number of pyridine rings is 2. The minimum Gasteiger partial charge on any atom is -0.455 e. The highest BCUT2D eigenvalue weighted by Crippen LogP contribution is 2.50. The fraction of sp³-hybridized carbons (Fsp3) is 0.100. The number of benzene rings is 8. The highest BCUT2D eigenvalue weighted by molar-refractivity contribution is 6.20. The number of aromatic nitrogens is 2. The summed E-state index contributed by atoms with van der Waals surface area (Å²) in [6.45, 7) is 6.82. The minimum atomic E-state index is -0.431. The van der Waals surface area contributed by atoms with E-state index >= 15 is 0 Å². The first-order valence-electron chi connectivity index (χ1n) is 22.3. The first-order valence-corrected chi connectivity index (χ1v) is 22.3. The summed E-state index contributed by atoms with van der Waals surface area (Å²) < 4.78 is 13.3. The fourth-order valence-electron chi connectivity index (χ4n) is 11.1. The molecule has 4 heteroatoms. The van der Waals surface area contributed by atoms with Crippen molar-refractivity contribution in [2.45, 2.75) is 39.0 Å². The Morgan fingerprint density at radius 1 is 0.469 bits per heavy atom. The lowest BCUT2D eigenvalue weighted by molar-refractivity contribution is 0.494. The van der Waals surface area contributed by atoms with Crippen LogP contribution in [0.5, 0.6) is 0 Å². The van der Waals surface area contributed by atoms with Crippen molar-refractivity contribution in [2.24, 2.45) is 0 Å². The van der Waals surface area contributed by atoms with E-state index in [1.165, 1.54) is 44.5 Å². The zero-order chi connectivity index (χ0) is 42.7. The molecule has 0 saturated carbocycles. The summed E-state index contributed by atoms with van der Waals surface area (Å²) in [6, 6.07) is 64.0. The molecule has 0 fully saturated rings. The molecule has 5 aliphatic rings. The Morgan fingerprint density at radius 3 is 1.55 bits per heavy atom. The molecule has 0 spiro atoms. The van der Waals surface area contributed by atoms with E-state index in [9.17, 15) is 0 Å². The first-order chi connectivity index (χ1) is 31.4. The number of nitrogens with zero attached hydrogens (tertiary/aromatic N) is 2. The van der Waals surface area contributed by atoms with Gasteiger partial charge in [0.05, 0.1) is 33.2 Å². The summed E-state index contributed by atoms with van der Waals surface area (Å²) in [5, 5.41) is 6.32. The van der Waals surface area contributed by atoms with Crippen LogP contribution in [0.25, 0.3) is 110 Å². The Labute approximate surface area is 370 Å². The first kappa shape index (κ1) is 36.8. The van der Waals surface area contributed by atoms with Crippen LogP contribution in [-0.2, 0) is 11.8 Å². The molecule has 17 rings (SSSR count). The molecule has 304 valence electrons. The van der Waals surface area contributed by atoms with Gasteiger partial charge in [-0.05, 0) is 102 Å². The third kappa shape index (κ3) is 5.42. The zero-order valence-electron chi connectivity index (χ0n) is 35.9. The molecule has 0 saturated heterocycles. The second-order valence-corrected chi connectivity index (χ2v) is 17.8. The fourth-order valence-corrected chi connectivity index (χ4v) is 11.1. The van der Waals surface area contributed by atoms with Gasteiger partial charge < -0.3 is 8.83 Å². The average Bonchev–Trinajstić information content (AvgIpc) is 3.93. The molecule has 8 aromatic carbocycles. The van der Waals surface area contributed by atoms with Gasteiger partial charge >= 0.3 is 0 Å². The molecule has 4 aromatic heterocycles. The summed E-state index contributed by atoms with van der Waals surface area (Å²) >= 11 is 0. The van der Waals surface area contributed by atoms with Gasteiger partial charge in [-0.1, -0.05) is 158 Å². The van der Waals surface area contributed by atoms with Crippen LogP contribution in [0.15, 0.2) is 185 Å². The highest BCUT2D eigenvalue weighted by Gasteiger charge is 2.38. The van der Waals surface area contributed by atoms with Gasteiger partial charge in [0.25, 0.3) is 0 Å². The van der Waals surface area contributed by atoms with Crippen LogP contribution in [0.1, 0.15) is 41.2 Å². The standard InChI is InChI=1S/C60H42N2O2/c1-4-60(42-31-35(2)30-36(3)32-42)34-37-20-29-50-48(33-37)59-54(47-14-7-10-19-52(47)64-59)57(62-50)41-27-23-39(24-28-41)44-16-11-15-43(55(44)60)38-21-25-40(26-22-38)56-53-46-13-6-9-18-51(46)63-58(53)45-12-5-8-17-49(45)61-56/h5-33H,4,34H2,1-3H3. The van der Waals surface area contributed by atoms with E-state index in [1.807, 2.05) is 24.3 Å². The van der Waals surface area contributed by atoms with Gasteiger partial charge in [0.15, 0.2) is 0 Å². The number of hydrogen-bond acceptors (Lipinski definition) is 4. The van der Waals surface area contributed by atoms with E-state index in [2.05, 4.69) is 172 Å². The summed E-state index contributed by atoms with van der Waals surface area (Å²) in [7, 11) is 0. The number of hydrogen-bond donors (Lipinski definition) is 0. The van der Waals surface area contributed by atoms with E-state index in [-0.39, 0.29) is 0 Å². The van der Waals surface area contributed by atoms with Crippen LogP contribution in [0.4, 0.5) is 0 Å². The lowest BCUT2D eigenvalue weighted by Gasteiger charge is -2.39. The lowest BCUT2D eigenvalue weighted by atomic mass is 9.64. The van der Waals surface area contributed by atoms with Crippen LogP contribution in [0.2, 0.25) is 0 Å². The third-order valence-electron chi connectivity index (χ3n) is 13.9. The van der Waals surface area contributed by atoms with E-state index in [1.54, 1.807) is 0 Å². The summed E-state index contributed by atoms with van der Waals surface area (Å²) in [5.41, 5.74) is 20.1. The Hall–Kier alpha value is -7.82. The molecule has 12 aromatic rings. The summed E-state index contributed by atoms with van der Waals surface area (Å²) in [4.78, 5) is 10.7. The van der Waals surface area contributed by atoms with E-state index < -0.39 is 5.41 Å². The number of aryl methyl sites for hydroxylation is 2. The molecular formula is C60H42N2O2. The molecule has 2 aliphatic carbocycles. The van der Waals surface area contributed by atoms with Crippen LogP contribution in [-0.4, -0.2) is 9.97 Å². The summed E-state index contributed by atoms with van der Waals surface area (Å²) in [6.07, 6.45) is 1.65. The second kappa shape index (κ2) is 13.8. The highest BCUT2D eigenvalue weighted by atomic mass is 16.3. The van der Waals surface area contributed by atoms with Gasteiger partial charge in [0, 0.05) is 38.1 Å². The quantitative estimate of drug-likeness (QED) is 0.177. The van der Waals surface area contributed by atoms with Crippen LogP contribution >= 0.6 is 0 Å². The van der Waals surface area contributed by atoms with Gasteiger partial charge in [-0.2, -0.15) is 0 Å². The van der Waals surface area contributed by atoms with Crippen molar-refractivity contribution in [1.82, 2.24) is 9.97 Å². The van der Waals surface area contributed by atoms with Gasteiger partial charge in [0.1, 0.15) is 22.3 Å². The van der Waals surface area contributed by atoms with Gasteiger partial charge in [0.2, 0.25) is 0 Å². The number of rotatable bonds is 4. The predicted octanol–water partition coefficient (Wildman–Crippen LogP) is 16.1. The predicted molar refractivity (Wildman–Crippen MR) is 264 cm³/mol. The molecule has 0 amide bonds. The molecule has 6 bridgehead atoms. The van der Waals surface area contributed by atoms with Crippen molar-refractivity contribution >= 4 is 65.7 Å². The molecule has 1 unspecified atom stereocenters. The van der Waals surface area contributed by atoms with Crippen LogP contribution in [0.3, 0.4) is 0 Å². The SMILES string of the molecule is CCC1(c2cc(C)cc(C)c2)Cc2ccc3nc(c4c5ccccc5oc4c3c2)-c2ccc(cc2)-c2cccc(-c3ccc(-c4nc5ccccc5c5oc6ccccc6c45)cc3)c21. The average molecular weight is 823 g/mol. The number of fused-ring (bicyclic) bond motifs is 6. The van der Waals surface area contributed by atoms with E-state index in [0.29, 0.717) is 0 Å². The number of furan rings is 2. The molecule has 64 heavy (non-hydrogen) atoms. The smallest absolute Gasteiger partial charge is 0.147 e. The van der Waals surface area contributed by atoms with Crippen molar-refractivity contribution in [3.05, 3.63) is 204 Å². The third-order valence-corrected chi connectivity index (χ3v) is 13.9. The van der Waals surface area contributed by atoms with Crippen LogP contribution in [0, 0.1) is 13.8 Å². The molecular weight excluding hydrogens is 781 g/mol. The van der Waals surface area contributed by atoms with Gasteiger partial charge in [-0.15, -0.1) is 0 Å². The monoisotopic (exact) mass is 822 g/mol. The molecule has 1 atom stereocenters. The summed E-state index contributed by atoms with van der Waals surface area (Å²) in [5.74, 6) is 0. The van der Waals surface area contributed by atoms with E-state index in [4.69, 9.17) is 18.8 Å². The second-order valence-electron chi connectivity index (χ2n) is 17.8. The molecule has 0 radical (unpaired) electrons. The maximum atomic E-state index is 6.78. The molecule has 0 N–H and O–H groups in total. The van der Waals surface area contributed by atoms with Crippen molar-refractivity contribution in [3.63, 3.8) is 0 Å². The Morgan fingerprint density at radius 2 is 0.969 bits per heavy atom. The van der Waals surface area contributed by atoms with Crippen molar-refractivity contribution in [2.75, 3.05) is 0 Å². The Balaban J connectivity index is 1.07. The lowest BCUT2D eigenvalue weighted by Crippen LogP contribution is -2.32. The normalized spacial score (nSPS) is 14.9. The molecule has 3 aliphatic heterocycles. The minimum absolute atomic E-state index is 0.431. The van der Waals surface area contributed by atoms with Crippen LogP contribution < -0.4 is 0 Å². The van der Waals surface area contributed by atoms with Gasteiger partial charge in [-0.3, -0.25) is 0 Å². The van der Waals surface area contributed by atoms with Crippen molar-refractivity contribution in [3.8, 4) is 44.8 Å². The molecule has 7 heterocycles.